The van der Waals surface area contributed by atoms with Crippen LogP contribution in [0, 0.1) is 17.8 Å². The third kappa shape index (κ3) is 2.77. The third-order valence-electron chi connectivity index (χ3n) is 6.45. The van der Waals surface area contributed by atoms with E-state index in [1.165, 1.54) is 51.4 Å². The molecule has 2 unspecified atom stereocenters. The lowest BCUT2D eigenvalue weighted by molar-refractivity contribution is 0.242. The molecule has 1 aromatic carbocycles. The molecule has 2 atom stereocenters. The number of hydrogen-bond donors (Lipinski definition) is 1. The second-order valence-corrected chi connectivity index (χ2v) is 7.92. The van der Waals surface area contributed by atoms with Crippen LogP contribution in [-0.2, 0) is 12.8 Å². The smallest absolute Gasteiger partial charge is 0.0132 e. The van der Waals surface area contributed by atoms with E-state index in [1.807, 2.05) is 0 Å². The normalized spacial score (nSPS) is 38.8. The Morgan fingerprint density at radius 2 is 1.38 bits per heavy atom. The van der Waals surface area contributed by atoms with E-state index < -0.39 is 0 Å². The highest BCUT2D eigenvalue weighted by molar-refractivity contribution is 5.30. The zero-order chi connectivity index (χ0) is 14.2. The van der Waals surface area contributed by atoms with E-state index in [2.05, 4.69) is 36.5 Å². The van der Waals surface area contributed by atoms with Crippen molar-refractivity contribution in [2.45, 2.75) is 70.4 Å². The quantitative estimate of drug-likeness (QED) is 0.851. The van der Waals surface area contributed by atoms with Crippen LogP contribution in [0.1, 0.15) is 56.6 Å². The molecule has 4 rings (SSSR count). The highest BCUT2D eigenvalue weighted by Crippen LogP contribution is 2.40. The summed E-state index contributed by atoms with van der Waals surface area (Å²) >= 11 is 0. The van der Waals surface area contributed by atoms with Gasteiger partial charge in [0.1, 0.15) is 0 Å². The summed E-state index contributed by atoms with van der Waals surface area (Å²) in [5.41, 5.74) is 3.27. The van der Waals surface area contributed by atoms with Gasteiger partial charge in [-0.25, -0.2) is 0 Å². The van der Waals surface area contributed by atoms with Crippen LogP contribution in [0.15, 0.2) is 24.3 Å². The SMILES string of the molecule is CC1CCC(NC2C3CCC2Cc2ccccc2C3)CC1. The Morgan fingerprint density at radius 3 is 1.95 bits per heavy atom. The van der Waals surface area contributed by atoms with Crippen molar-refractivity contribution < 1.29 is 0 Å². The molecule has 0 spiro atoms. The average molecular weight is 283 g/mol. The minimum atomic E-state index is 0.788. The van der Waals surface area contributed by atoms with Gasteiger partial charge in [-0.2, -0.15) is 0 Å². The monoisotopic (exact) mass is 283 g/mol. The maximum absolute atomic E-state index is 4.12. The number of benzene rings is 1. The standard InChI is InChI=1S/C20H29N/c1-14-6-10-19(11-7-14)21-20-17-8-9-18(20)13-16-5-3-2-4-15(16)12-17/h2-5,14,17-21H,6-13H2,1H3. The fraction of sp³-hybridized carbons (Fsp3) is 0.700. The molecule has 0 heterocycles. The molecule has 1 N–H and O–H groups in total. The summed E-state index contributed by atoms with van der Waals surface area (Å²) in [5, 5.41) is 4.12. The zero-order valence-electron chi connectivity index (χ0n) is 13.4. The molecule has 0 aromatic heterocycles. The van der Waals surface area contributed by atoms with Crippen molar-refractivity contribution in [2.75, 3.05) is 0 Å². The van der Waals surface area contributed by atoms with E-state index in [0.717, 1.165) is 29.8 Å². The number of rotatable bonds is 2. The van der Waals surface area contributed by atoms with Gasteiger partial charge in [0, 0.05) is 12.1 Å². The van der Waals surface area contributed by atoms with Crippen molar-refractivity contribution in [2.24, 2.45) is 17.8 Å². The van der Waals surface area contributed by atoms with Crippen molar-refractivity contribution in [3.8, 4) is 0 Å². The molecule has 2 fully saturated rings. The lowest BCUT2D eigenvalue weighted by Crippen LogP contribution is -2.45. The van der Waals surface area contributed by atoms with Crippen molar-refractivity contribution in [3.63, 3.8) is 0 Å². The molecule has 0 saturated heterocycles. The van der Waals surface area contributed by atoms with Gasteiger partial charge >= 0.3 is 0 Å². The molecule has 1 heteroatoms. The first-order chi connectivity index (χ1) is 10.3. The Labute approximate surface area is 129 Å². The maximum atomic E-state index is 4.12. The Kier molecular flexibility index (Phi) is 3.79. The number of fused-ring (bicyclic) bond motifs is 3. The highest BCUT2D eigenvalue weighted by atomic mass is 15.0. The Hall–Kier alpha value is -0.820. The van der Waals surface area contributed by atoms with E-state index in [4.69, 9.17) is 0 Å². The maximum Gasteiger partial charge on any atom is 0.0132 e. The molecule has 1 nitrogen and oxygen atoms in total. The van der Waals surface area contributed by atoms with Crippen LogP contribution in [-0.4, -0.2) is 12.1 Å². The van der Waals surface area contributed by atoms with Crippen LogP contribution in [0.3, 0.4) is 0 Å². The average Bonchev–Trinajstić information content (AvgIpc) is 2.76. The van der Waals surface area contributed by atoms with Gasteiger partial charge in [-0.1, -0.05) is 31.2 Å². The molecule has 1 aromatic rings. The van der Waals surface area contributed by atoms with Gasteiger partial charge in [0.2, 0.25) is 0 Å². The summed E-state index contributed by atoms with van der Waals surface area (Å²) in [6.07, 6.45) is 11.2. The third-order valence-corrected chi connectivity index (χ3v) is 6.45. The van der Waals surface area contributed by atoms with Crippen molar-refractivity contribution in [1.29, 1.82) is 0 Å². The first-order valence-corrected chi connectivity index (χ1v) is 9.12. The van der Waals surface area contributed by atoms with Crippen molar-refractivity contribution in [3.05, 3.63) is 35.4 Å². The largest absolute Gasteiger partial charge is 0.311 e. The summed E-state index contributed by atoms with van der Waals surface area (Å²) in [6, 6.07) is 10.8. The predicted molar refractivity (Wildman–Crippen MR) is 88.4 cm³/mol. The van der Waals surface area contributed by atoms with E-state index in [0.29, 0.717) is 0 Å². The van der Waals surface area contributed by atoms with Gasteiger partial charge in [-0.15, -0.1) is 0 Å². The Morgan fingerprint density at radius 1 is 0.810 bits per heavy atom. The molecule has 2 saturated carbocycles. The molecule has 114 valence electrons. The van der Waals surface area contributed by atoms with Crippen LogP contribution >= 0.6 is 0 Å². The van der Waals surface area contributed by atoms with Gasteiger partial charge in [0.05, 0.1) is 0 Å². The molecule has 3 aliphatic rings. The van der Waals surface area contributed by atoms with Crippen LogP contribution in [0.4, 0.5) is 0 Å². The summed E-state index contributed by atoms with van der Waals surface area (Å²) in [4.78, 5) is 0. The van der Waals surface area contributed by atoms with E-state index >= 15 is 0 Å². The molecular formula is C20H29N. The first kappa shape index (κ1) is 13.8. The fourth-order valence-corrected chi connectivity index (χ4v) is 5.12. The lowest BCUT2D eigenvalue weighted by atomic mass is 9.85. The van der Waals surface area contributed by atoms with Crippen LogP contribution in [0.5, 0.6) is 0 Å². The second-order valence-electron chi connectivity index (χ2n) is 7.92. The summed E-state index contributed by atoms with van der Waals surface area (Å²) in [6.45, 7) is 2.42. The van der Waals surface area contributed by atoms with E-state index in [9.17, 15) is 0 Å². The topological polar surface area (TPSA) is 12.0 Å². The summed E-state index contributed by atoms with van der Waals surface area (Å²) in [7, 11) is 0. The summed E-state index contributed by atoms with van der Waals surface area (Å²) < 4.78 is 0. The fourth-order valence-electron chi connectivity index (χ4n) is 5.12. The lowest BCUT2D eigenvalue weighted by Gasteiger charge is -2.33. The first-order valence-electron chi connectivity index (χ1n) is 9.12. The van der Waals surface area contributed by atoms with E-state index in [-0.39, 0.29) is 0 Å². The van der Waals surface area contributed by atoms with Crippen molar-refractivity contribution >= 4 is 0 Å². The molecule has 21 heavy (non-hydrogen) atoms. The predicted octanol–water partition coefficient (Wildman–Crippen LogP) is 4.35. The van der Waals surface area contributed by atoms with Gasteiger partial charge < -0.3 is 5.32 Å². The minimum absolute atomic E-state index is 0.788. The van der Waals surface area contributed by atoms with Crippen LogP contribution < -0.4 is 5.32 Å². The number of nitrogens with one attached hydrogen (secondary N) is 1. The van der Waals surface area contributed by atoms with Gasteiger partial charge in [-0.05, 0) is 80.2 Å². The molecule has 3 aliphatic carbocycles. The molecule has 0 amide bonds. The zero-order valence-corrected chi connectivity index (χ0v) is 13.4. The van der Waals surface area contributed by atoms with Crippen LogP contribution in [0.2, 0.25) is 0 Å². The van der Waals surface area contributed by atoms with Crippen molar-refractivity contribution in [1.82, 2.24) is 5.32 Å². The minimum Gasteiger partial charge on any atom is -0.311 e. The van der Waals surface area contributed by atoms with Gasteiger partial charge in [0.25, 0.3) is 0 Å². The molecular weight excluding hydrogens is 254 g/mol. The van der Waals surface area contributed by atoms with E-state index in [1.54, 1.807) is 11.1 Å². The summed E-state index contributed by atoms with van der Waals surface area (Å²) in [5.74, 6) is 2.73. The number of hydrogen-bond acceptors (Lipinski definition) is 1. The molecule has 2 bridgehead atoms. The Bertz CT molecular complexity index is 453. The van der Waals surface area contributed by atoms with Gasteiger partial charge in [0.15, 0.2) is 0 Å². The second kappa shape index (κ2) is 5.76. The van der Waals surface area contributed by atoms with Crippen LogP contribution in [0.25, 0.3) is 0 Å². The Balaban J connectivity index is 1.48. The highest BCUT2D eigenvalue weighted by Gasteiger charge is 2.39. The molecule has 0 aliphatic heterocycles. The van der Waals surface area contributed by atoms with Gasteiger partial charge in [-0.3, -0.25) is 0 Å². The molecule has 0 radical (unpaired) electrons.